The van der Waals surface area contributed by atoms with E-state index in [1.165, 1.54) is 19.1 Å². The van der Waals surface area contributed by atoms with Crippen LogP contribution in [0.15, 0.2) is 12.2 Å². The molecule has 2 N–H and O–H groups in total. The van der Waals surface area contributed by atoms with Crippen LogP contribution >= 0.6 is 0 Å². The van der Waals surface area contributed by atoms with Crippen LogP contribution in [0.4, 0.5) is 0 Å². The van der Waals surface area contributed by atoms with Crippen molar-refractivity contribution in [2.75, 3.05) is 39.6 Å². The fourth-order valence-corrected chi connectivity index (χ4v) is 5.99. The van der Waals surface area contributed by atoms with E-state index in [1.807, 2.05) is 0 Å². The van der Waals surface area contributed by atoms with Gasteiger partial charge in [-0.3, -0.25) is 38.5 Å². The molecule has 0 spiro atoms. The van der Waals surface area contributed by atoms with Crippen LogP contribution in [0.5, 0.6) is 0 Å². The number of rotatable bonds is 22. The summed E-state index contributed by atoms with van der Waals surface area (Å²) in [5, 5.41) is 0.472. The zero-order valence-corrected chi connectivity index (χ0v) is 28.8. The van der Waals surface area contributed by atoms with Crippen molar-refractivity contribution in [1.29, 1.82) is 0 Å². The van der Waals surface area contributed by atoms with Gasteiger partial charge in [0.1, 0.15) is 27.5 Å². The van der Waals surface area contributed by atoms with Gasteiger partial charge in [0.2, 0.25) is 0 Å². The molecule has 0 aromatic rings. The minimum atomic E-state index is -4.14. The molecule has 1 unspecified atom stereocenters. The lowest BCUT2D eigenvalue weighted by molar-refractivity contribution is -0.877. The van der Waals surface area contributed by atoms with Crippen molar-refractivity contribution in [3.8, 4) is 0 Å². The number of carbonyl (C=O) groups is 8. The van der Waals surface area contributed by atoms with Gasteiger partial charge in [-0.2, -0.15) is 0 Å². The summed E-state index contributed by atoms with van der Waals surface area (Å²) in [4.78, 5) is 99.8. The number of nitrogens with zero attached hydrogens (tertiary/aromatic N) is 3. The Hall–Kier alpha value is -3.67. The van der Waals surface area contributed by atoms with Crippen molar-refractivity contribution in [2.24, 2.45) is 11.7 Å². The van der Waals surface area contributed by atoms with E-state index >= 15 is 0 Å². The Morgan fingerprint density at radius 2 is 1.44 bits per heavy atom. The third kappa shape index (κ3) is 17.5. The van der Waals surface area contributed by atoms with E-state index in [9.17, 15) is 51.3 Å². The normalized spacial score (nSPS) is 15.4. The number of carbonyl (C=O) groups excluding carboxylic acids is 8. The highest BCUT2D eigenvalue weighted by Crippen LogP contribution is 2.19. The predicted molar refractivity (Wildman–Crippen MR) is 169 cm³/mol. The summed E-state index contributed by atoms with van der Waals surface area (Å²) in [6.07, 6.45) is 6.40. The zero-order valence-electron chi connectivity index (χ0n) is 28.0. The van der Waals surface area contributed by atoms with E-state index in [0.29, 0.717) is 56.7 Å². The highest BCUT2D eigenvalue weighted by atomic mass is 32.2. The molecule has 1 atom stereocenters. The monoisotopic (exact) mass is 700 g/mol. The van der Waals surface area contributed by atoms with E-state index in [1.54, 1.807) is 14.1 Å². The summed E-state index contributed by atoms with van der Waals surface area (Å²) in [5.74, 6) is -3.59. The molecule has 48 heavy (non-hydrogen) atoms. The average Bonchev–Trinajstić information content (AvgIpc) is 3.45. The smallest absolute Gasteiger partial charge is 0.333 e. The predicted octanol–water partition coefficient (Wildman–Crippen LogP) is 0.677. The molecule has 4 amide bonds. The van der Waals surface area contributed by atoms with E-state index in [4.69, 9.17) is 10.6 Å². The summed E-state index contributed by atoms with van der Waals surface area (Å²) in [6.45, 7) is 2.53. The van der Waals surface area contributed by atoms with Crippen LogP contribution in [0.1, 0.15) is 90.4 Å². The maximum atomic E-state index is 12.3. The van der Waals surface area contributed by atoms with Gasteiger partial charge in [-0.1, -0.05) is 12.8 Å². The number of likely N-dealkylation sites (N-methyl/N-ethyl adjacent to an activating group) is 1. The maximum Gasteiger partial charge on any atom is 0.333 e. The Morgan fingerprint density at radius 1 is 0.875 bits per heavy atom. The van der Waals surface area contributed by atoms with Crippen molar-refractivity contribution >= 4 is 57.1 Å². The minimum Gasteiger partial charge on any atom is -0.744 e. The molecule has 0 radical (unpaired) electrons. The molecule has 270 valence electrons. The maximum absolute atomic E-state index is 12.3. The first-order valence-corrected chi connectivity index (χ1v) is 17.5. The number of hydroxylamine groups is 2. The second-order valence-electron chi connectivity index (χ2n) is 12.5. The van der Waals surface area contributed by atoms with Gasteiger partial charge in [0, 0.05) is 76.1 Å². The number of imide groups is 2. The largest absolute Gasteiger partial charge is 0.744 e. The number of hydrogen-bond donors (Lipinski definition) is 1. The molecule has 0 aromatic heterocycles. The highest BCUT2D eigenvalue weighted by Gasteiger charge is 2.32. The molecule has 2 aliphatic rings. The standard InChI is InChI=1S/C26H34N2O9.C5H14N2O3S/c1-18(29)19(17-21(31)9-5-11-26(36)37-28-24(34)14-15-25(28)35)7-3-2-4-8-20(30)10-6-16-27-22(32)12-13-23(27)33;1-7(2,4-3-6)5-11(8,9)10/h12-13,19H,2-11,14-17H2,1H3;3-6H2,1-2H3. The summed E-state index contributed by atoms with van der Waals surface area (Å²) in [6, 6.07) is 0. The van der Waals surface area contributed by atoms with E-state index in [2.05, 4.69) is 0 Å². The van der Waals surface area contributed by atoms with Gasteiger partial charge in [0.05, 0.1) is 20.6 Å². The molecule has 0 aromatic carbocycles. The second-order valence-corrected chi connectivity index (χ2v) is 13.9. The van der Waals surface area contributed by atoms with Gasteiger partial charge in [-0.05, 0) is 32.6 Å². The Morgan fingerprint density at radius 3 is 1.98 bits per heavy atom. The molecule has 0 saturated carbocycles. The summed E-state index contributed by atoms with van der Waals surface area (Å²) < 4.78 is 31.1. The first kappa shape index (κ1) is 42.4. The fourth-order valence-electron chi connectivity index (χ4n) is 5.00. The molecule has 17 heteroatoms. The van der Waals surface area contributed by atoms with Crippen LogP contribution in [0.3, 0.4) is 0 Å². The number of hydrogen-bond acceptors (Lipinski definition) is 13. The van der Waals surface area contributed by atoms with E-state index < -0.39 is 39.7 Å². The summed E-state index contributed by atoms with van der Waals surface area (Å²) in [5.41, 5.74) is 5.22. The summed E-state index contributed by atoms with van der Waals surface area (Å²) >= 11 is 0. The Labute approximate surface area is 281 Å². The lowest BCUT2D eigenvalue weighted by atomic mass is 9.90. The Bertz CT molecular complexity index is 1310. The third-order valence-electron chi connectivity index (χ3n) is 7.57. The molecule has 2 rings (SSSR count). The second kappa shape index (κ2) is 20.6. The minimum absolute atomic E-state index is 0.0106. The molecule has 2 aliphatic heterocycles. The van der Waals surface area contributed by atoms with Crippen LogP contribution in [-0.4, -0.2) is 114 Å². The third-order valence-corrected chi connectivity index (χ3v) is 8.59. The molecule has 0 bridgehead atoms. The molecule has 1 saturated heterocycles. The average molecular weight is 701 g/mol. The number of amides is 4. The zero-order chi connectivity index (χ0) is 36.5. The molecule has 16 nitrogen and oxygen atoms in total. The highest BCUT2D eigenvalue weighted by molar-refractivity contribution is 7.85. The topological polar surface area (TPSA) is 235 Å². The lowest BCUT2D eigenvalue weighted by Crippen LogP contribution is -2.46. The molecule has 0 aliphatic carbocycles. The van der Waals surface area contributed by atoms with Crippen LogP contribution < -0.4 is 5.73 Å². The van der Waals surface area contributed by atoms with E-state index in [-0.39, 0.29) is 78.7 Å². The number of Topliss-reactive ketones (excluding diaryl/α,β-unsaturated/α-hetero) is 3. The SMILES string of the molecule is CC(=O)C(CCCCCC(=O)CCCN1C(=O)C=CC1=O)CC(=O)CCCC(=O)ON1C(=O)CCC1=O.C[N+](C)(CCN)CS(=O)(=O)[O-]. The molecular formula is C31H48N4O12S. The van der Waals surface area contributed by atoms with Crippen molar-refractivity contribution in [3.05, 3.63) is 12.2 Å². The van der Waals surface area contributed by atoms with Gasteiger partial charge < -0.3 is 19.6 Å². The van der Waals surface area contributed by atoms with Crippen molar-refractivity contribution in [2.45, 2.75) is 90.4 Å². The van der Waals surface area contributed by atoms with Gasteiger partial charge >= 0.3 is 5.97 Å². The van der Waals surface area contributed by atoms with Crippen LogP contribution in [0.25, 0.3) is 0 Å². The Kier molecular flexibility index (Phi) is 18.2. The van der Waals surface area contributed by atoms with Gasteiger partial charge in [-0.25, -0.2) is 13.2 Å². The first-order valence-electron chi connectivity index (χ1n) is 15.9. The van der Waals surface area contributed by atoms with Gasteiger partial charge in [0.25, 0.3) is 23.6 Å². The van der Waals surface area contributed by atoms with Gasteiger partial charge in [0.15, 0.2) is 5.88 Å². The Balaban J connectivity index is 0.000000894. The van der Waals surface area contributed by atoms with Crippen molar-refractivity contribution in [3.63, 3.8) is 0 Å². The lowest BCUT2D eigenvalue weighted by Gasteiger charge is -2.29. The number of nitrogens with two attached hydrogens (primary N) is 1. The van der Waals surface area contributed by atoms with Crippen LogP contribution in [0, 0.1) is 5.92 Å². The van der Waals surface area contributed by atoms with E-state index in [0.717, 1.165) is 11.3 Å². The fraction of sp³-hybridized carbons (Fsp3) is 0.677. The molecule has 2 heterocycles. The quantitative estimate of drug-likeness (QED) is 0.0709. The van der Waals surface area contributed by atoms with Crippen molar-refractivity contribution < 1.29 is 60.6 Å². The molecular weight excluding hydrogens is 652 g/mol. The molecule has 1 fully saturated rings. The van der Waals surface area contributed by atoms with Crippen LogP contribution in [0.2, 0.25) is 0 Å². The number of quaternary nitrogens is 1. The number of unbranched alkanes of at least 4 members (excludes halogenated alkanes) is 2. The van der Waals surface area contributed by atoms with Gasteiger partial charge in [-0.15, -0.1) is 5.06 Å². The summed E-state index contributed by atoms with van der Waals surface area (Å²) in [7, 11) is -0.827. The van der Waals surface area contributed by atoms with Crippen molar-refractivity contribution in [1.82, 2.24) is 9.96 Å². The number of ketones is 3. The first-order chi connectivity index (χ1) is 22.3. The van der Waals surface area contributed by atoms with Crippen LogP contribution in [-0.2, 0) is 53.3 Å².